The van der Waals surface area contributed by atoms with Crippen molar-refractivity contribution in [1.29, 1.82) is 0 Å². The van der Waals surface area contributed by atoms with Gasteiger partial charge in [0.2, 0.25) is 0 Å². The van der Waals surface area contributed by atoms with Gasteiger partial charge in [0.05, 0.1) is 0 Å². The molecule has 4 unspecified atom stereocenters. The fourth-order valence-corrected chi connectivity index (χ4v) is 6.32. The van der Waals surface area contributed by atoms with Gasteiger partial charge in [-0.1, -0.05) is 19.4 Å². The molecule has 0 aromatic heterocycles. The third-order valence-electron chi connectivity index (χ3n) is 7.61. The number of hydrogen-bond donors (Lipinski definition) is 0. The van der Waals surface area contributed by atoms with Crippen LogP contribution in [-0.2, 0) is 9.59 Å². The number of carbonyl (C=O) groups excluding carboxylic acids is 2. The van der Waals surface area contributed by atoms with Gasteiger partial charge in [-0.05, 0) is 86.5 Å². The summed E-state index contributed by atoms with van der Waals surface area (Å²) in [7, 11) is 0. The zero-order valence-corrected chi connectivity index (χ0v) is 14.3. The summed E-state index contributed by atoms with van der Waals surface area (Å²) >= 11 is 0. The number of carbonyl (C=O) groups is 2. The molecule has 0 spiro atoms. The summed E-state index contributed by atoms with van der Waals surface area (Å²) in [6.07, 6.45) is 1.47. The molecule has 4 aliphatic carbocycles. The molecule has 126 valence electrons. The molecule has 0 aliphatic heterocycles. The van der Waals surface area contributed by atoms with Gasteiger partial charge in [0, 0.05) is 17.8 Å². The highest BCUT2D eigenvalue weighted by molar-refractivity contribution is 5.91. The van der Waals surface area contributed by atoms with Crippen LogP contribution in [0.5, 0.6) is 0 Å². The maximum atomic E-state index is 12.2. The fourth-order valence-electron chi connectivity index (χ4n) is 6.32. The second kappa shape index (κ2) is 5.04. The van der Waals surface area contributed by atoms with Crippen molar-refractivity contribution in [1.82, 2.24) is 0 Å². The molecule has 0 heterocycles. The molecule has 4 aliphatic rings. The smallest absolute Gasteiger partial charge is 0.155 e. The van der Waals surface area contributed by atoms with Crippen LogP contribution in [0.3, 0.4) is 0 Å². The lowest BCUT2D eigenvalue weighted by Gasteiger charge is -2.58. The molecule has 4 rings (SSSR count). The second-order valence-corrected chi connectivity index (χ2v) is 8.55. The molecule has 2 nitrogen and oxygen atoms in total. The molecule has 0 radical (unpaired) electrons. The van der Waals surface area contributed by atoms with E-state index in [9.17, 15) is 9.59 Å². The standard InChI is InChI=1S/C21H30O2/c1-13(22)17-6-7-18-16-5-4-14-12-15(23)8-10-20(14,2)19(16)9-11-21(17,18)3/h12,16-19H,4-11H2,1-3H3/t16-,17+,18-,19-,20-,21+/m0/s1/i4T,5T,8T,10T/t4?,5?,8?,10?,16-,17+,18-,19-,20-,21+. The third kappa shape index (κ3) is 2.06. The van der Waals surface area contributed by atoms with Gasteiger partial charge >= 0.3 is 0 Å². The molecule has 0 aromatic rings. The van der Waals surface area contributed by atoms with Gasteiger partial charge in [-0.15, -0.1) is 0 Å². The molecule has 2 heteroatoms. The van der Waals surface area contributed by atoms with Crippen molar-refractivity contribution in [3.8, 4) is 0 Å². The van der Waals surface area contributed by atoms with Gasteiger partial charge in [0.1, 0.15) is 5.78 Å². The van der Waals surface area contributed by atoms with Crippen molar-refractivity contribution < 1.29 is 15.1 Å². The summed E-state index contributed by atoms with van der Waals surface area (Å²) in [5.41, 5.74) is -0.196. The highest BCUT2D eigenvalue weighted by atomic mass is 16.1. The first-order valence-corrected chi connectivity index (χ1v) is 9.00. The van der Waals surface area contributed by atoms with Gasteiger partial charge in [-0.25, -0.2) is 0 Å². The Morgan fingerprint density at radius 1 is 1.22 bits per heavy atom. The molecule has 0 aromatic carbocycles. The summed E-state index contributed by atoms with van der Waals surface area (Å²) in [4.78, 5) is 24.4. The Morgan fingerprint density at radius 2 is 2.00 bits per heavy atom. The molecule has 3 fully saturated rings. The Balaban J connectivity index is 1.80. The third-order valence-corrected chi connectivity index (χ3v) is 7.61. The largest absolute Gasteiger partial charge is 0.300 e. The summed E-state index contributed by atoms with van der Waals surface area (Å²) in [6, 6.07) is 0. The first kappa shape index (κ1) is 11.6. The van der Waals surface area contributed by atoms with Crippen LogP contribution in [0.1, 0.15) is 77.5 Å². The van der Waals surface area contributed by atoms with Crippen LogP contribution in [0.15, 0.2) is 11.6 Å². The van der Waals surface area contributed by atoms with E-state index in [4.69, 9.17) is 5.48 Å². The van der Waals surface area contributed by atoms with Crippen molar-refractivity contribution in [3.63, 3.8) is 0 Å². The monoisotopic (exact) mass is 322 g/mol. The van der Waals surface area contributed by atoms with E-state index in [2.05, 4.69) is 6.92 Å². The number of hydrogen-bond acceptors (Lipinski definition) is 2. The van der Waals surface area contributed by atoms with Crippen molar-refractivity contribution in [3.05, 3.63) is 11.6 Å². The zero-order chi connectivity index (χ0) is 19.9. The lowest BCUT2D eigenvalue weighted by Crippen LogP contribution is -2.51. The van der Waals surface area contributed by atoms with E-state index in [0.29, 0.717) is 5.57 Å². The van der Waals surface area contributed by atoms with E-state index in [-0.39, 0.29) is 40.7 Å². The van der Waals surface area contributed by atoms with Crippen LogP contribution in [0, 0.1) is 34.5 Å². The fraction of sp³-hybridized carbons (Fsp3) is 0.810. The molecule has 0 N–H and O–H groups in total. The predicted octanol–water partition coefficient (Wildman–Crippen LogP) is 4.72. The van der Waals surface area contributed by atoms with E-state index in [0.717, 1.165) is 25.7 Å². The minimum atomic E-state index is -1.10. The van der Waals surface area contributed by atoms with Crippen LogP contribution in [-0.4, -0.2) is 11.6 Å². The Labute approximate surface area is 145 Å². The van der Waals surface area contributed by atoms with Gasteiger partial charge in [0.25, 0.3) is 0 Å². The molecular weight excluding hydrogens is 284 g/mol. The Bertz CT molecular complexity index is 721. The number of Topliss-reactive ketones (excluding diaryl/α,β-unsaturated/α-hetero) is 1. The summed E-state index contributed by atoms with van der Waals surface area (Å²) < 4.78 is 34.5. The Hall–Kier alpha value is -0.920. The minimum Gasteiger partial charge on any atom is -0.300 e. The molecule has 0 bridgehead atoms. The van der Waals surface area contributed by atoms with E-state index >= 15 is 0 Å². The SMILES string of the molecule is [3H]C1C2=CC(=O)C([3H])C([3H])[C@]2(C)[C@H]2CC[C@]3(C)[C@@H](C(C)=O)CC[C@H]3[C@@H]2C1[3H]. The van der Waals surface area contributed by atoms with Gasteiger partial charge in [-0.3, -0.25) is 9.59 Å². The molecule has 23 heavy (non-hydrogen) atoms. The summed E-state index contributed by atoms with van der Waals surface area (Å²) in [6.45, 7) is 5.84. The number of rotatable bonds is 1. The minimum absolute atomic E-state index is 0.0354. The lowest BCUT2D eigenvalue weighted by molar-refractivity contribution is -0.128. The van der Waals surface area contributed by atoms with Crippen LogP contribution in [0.25, 0.3) is 0 Å². The maximum Gasteiger partial charge on any atom is 0.155 e. The van der Waals surface area contributed by atoms with E-state index in [1.54, 1.807) is 6.92 Å². The lowest BCUT2D eigenvalue weighted by atomic mass is 9.47. The molecule has 0 saturated heterocycles. The van der Waals surface area contributed by atoms with Crippen molar-refractivity contribution in [2.75, 3.05) is 0 Å². The second-order valence-electron chi connectivity index (χ2n) is 8.55. The Kier molecular flexibility index (Phi) is 2.54. The van der Waals surface area contributed by atoms with Crippen molar-refractivity contribution in [2.45, 2.75) is 72.0 Å². The number of ketones is 2. The average molecular weight is 323 g/mol. The Morgan fingerprint density at radius 3 is 2.74 bits per heavy atom. The van der Waals surface area contributed by atoms with Crippen LogP contribution in [0.2, 0.25) is 0 Å². The highest BCUT2D eigenvalue weighted by Crippen LogP contribution is 2.66. The van der Waals surface area contributed by atoms with Crippen LogP contribution >= 0.6 is 0 Å². The zero-order valence-electron chi connectivity index (χ0n) is 18.3. The normalized spacial score (nSPS) is 64.3. The first-order chi connectivity index (χ1) is 12.5. The predicted molar refractivity (Wildman–Crippen MR) is 90.9 cm³/mol. The van der Waals surface area contributed by atoms with Gasteiger partial charge < -0.3 is 0 Å². The molecule has 3 saturated carbocycles. The highest BCUT2D eigenvalue weighted by Gasteiger charge is 2.59. The van der Waals surface area contributed by atoms with E-state index < -0.39 is 31.0 Å². The van der Waals surface area contributed by atoms with Gasteiger partial charge in [0.15, 0.2) is 5.78 Å². The van der Waals surface area contributed by atoms with Crippen molar-refractivity contribution in [2.24, 2.45) is 34.5 Å². The molecule has 10 atom stereocenters. The van der Waals surface area contributed by atoms with Crippen LogP contribution < -0.4 is 0 Å². The van der Waals surface area contributed by atoms with E-state index in [1.165, 1.54) is 6.08 Å². The average Bonchev–Trinajstić information content (AvgIpc) is 2.97. The van der Waals surface area contributed by atoms with Gasteiger partial charge in [-0.2, -0.15) is 0 Å². The number of fused-ring (bicyclic) bond motifs is 5. The van der Waals surface area contributed by atoms with E-state index in [1.807, 2.05) is 6.92 Å². The molecular formula is C21H30O2. The molecule has 0 amide bonds. The number of allylic oxidation sites excluding steroid dienone is 1. The summed E-state index contributed by atoms with van der Waals surface area (Å²) in [5, 5.41) is 0. The first-order valence-electron chi connectivity index (χ1n) is 11.3. The maximum absolute atomic E-state index is 12.2. The topological polar surface area (TPSA) is 34.1 Å². The van der Waals surface area contributed by atoms with Crippen molar-refractivity contribution >= 4 is 11.6 Å². The summed E-state index contributed by atoms with van der Waals surface area (Å²) in [5.74, 6) is 0.105. The quantitative estimate of drug-likeness (QED) is 0.700. The van der Waals surface area contributed by atoms with Crippen LogP contribution in [0.4, 0.5) is 0 Å².